The van der Waals surface area contributed by atoms with Crippen LogP contribution in [0.25, 0.3) is 0 Å². The molecular weight excluding hydrogens is 375 g/mol. The Hall–Kier alpha value is -1.50. The second kappa shape index (κ2) is 9.44. The van der Waals surface area contributed by atoms with Crippen molar-refractivity contribution in [3.8, 4) is 0 Å². The highest BCUT2D eigenvalue weighted by atomic mass is 35.5. The molecule has 1 saturated heterocycles. The number of nitrogens with one attached hydrogen (secondary N) is 2. The third-order valence-electron chi connectivity index (χ3n) is 5.15. The first-order valence-corrected chi connectivity index (χ1v) is 9.34. The first-order valence-electron chi connectivity index (χ1n) is 8.96. The highest BCUT2D eigenvalue weighted by molar-refractivity contribution is 6.34. The number of halogens is 2. The standard InChI is InChI=1S/C18H25ClN4O2.ClH/c19-15-7-6-13(23-9-8-21-18(23)25)10-14(15)17(24)22-16(11-20)12-4-2-1-3-5-12;/h6-7,10,12,16H,1-5,8-9,11,20H2,(H,21,25)(H,22,24);1H. The largest absolute Gasteiger partial charge is 0.348 e. The van der Waals surface area contributed by atoms with Gasteiger partial charge in [0.2, 0.25) is 0 Å². The van der Waals surface area contributed by atoms with Gasteiger partial charge in [0.25, 0.3) is 5.91 Å². The van der Waals surface area contributed by atoms with Crippen molar-refractivity contribution in [1.29, 1.82) is 0 Å². The first kappa shape index (κ1) is 20.8. The molecule has 2 aliphatic rings. The van der Waals surface area contributed by atoms with Crippen molar-refractivity contribution in [3.05, 3.63) is 28.8 Å². The van der Waals surface area contributed by atoms with Gasteiger partial charge in [-0.25, -0.2) is 4.79 Å². The predicted molar refractivity (Wildman–Crippen MR) is 106 cm³/mol. The van der Waals surface area contributed by atoms with Crippen molar-refractivity contribution in [1.82, 2.24) is 10.6 Å². The Bertz CT molecular complexity index is 650. The van der Waals surface area contributed by atoms with Crippen LogP contribution in [0.1, 0.15) is 42.5 Å². The van der Waals surface area contributed by atoms with Crippen LogP contribution < -0.4 is 21.3 Å². The molecule has 26 heavy (non-hydrogen) atoms. The Balaban J connectivity index is 0.00000243. The summed E-state index contributed by atoms with van der Waals surface area (Å²) in [4.78, 5) is 26.2. The molecule has 1 saturated carbocycles. The fourth-order valence-electron chi connectivity index (χ4n) is 3.73. The lowest BCUT2D eigenvalue weighted by molar-refractivity contribution is 0.0915. The summed E-state index contributed by atoms with van der Waals surface area (Å²) in [6.45, 7) is 1.59. The van der Waals surface area contributed by atoms with Crippen molar-refractivity contribution in [2.75, 3.05) is 24.5 Å². The Labute approximate surface area is 165 Å². The number of nitrogens with two attached hydrogens (primary N) is 1. The summed E-state index contributed by atoms with van der Waals surface area (Å²) in [5.41, 5.74) is 6.96. The second-order valence-corrected chi connectivity index (χ2v) is 7.17. The van der Waals surface area contributed by atoms with Gasteiger partial charge >= 0.3 is 6.03 Å². The van der Waals surface area contributed by atoms with Crippen LogP contribution in [0.4, 0.5) is 10.5 Å². The normalized spacial score (nSPS) is 18.8. The van der Waals surface area contributed by atoms with E-state index >= 15 is 0 Å². The zero-order valence-electron chi connectivity index (χ0n) is 14.7. The molecule has 1 atom stereocenters. The fourth-order valence-corrected chi connectivity index (χ4v) is 3.93. The van der Waals surface area contributed by atoms with Crippen LogP contribution in [0.5, 0.6) is 0 Å². The van der Waals surface area contributed by atoms with Crippen molar-refractivity contribution in [3.63, 3.8) is 0 Å². The molecule has 1 aliphatic carbocycles. The molecule has 6 nitrogen and oxygen atoms in total. The van der Waals surface area contributed by atoms with Gasteiger partial charge in [-0.15, -0.1) is 12.4 Å². The molecule has 1 unspecified atom stereocenters. The lowest BCUT2D eigenvalue weighted by atomic mass is 9.84. The summed E-state index contributed by atoms with van der Waals surface area (Å²) in [6.07, 6.45) is 5.84. The van der Waals surface area contributed by atoms with Gasteiger partial charge in [0.15, 0.2) is 0 Å². The first-order chi connectivity index (χ1) is 12.1. The van der Waals surface area contributed by atoms with E-state index in [-0.39, 0.29) is 30.4 Å². The SMILES string of the molecule is Cl.NCC(NC(=O)c1cc(N2CCNC2=O)ccc1Cl)C1CCCCC1. The quantitative estimate of drug-likeness (QED) is 0.709. The average Bonchev–Trinajstić information content (AvgIpc) is 3.06. The molecular formula is C18H26Cl2N4O2. The smallest absolute Gasteiger partial charge is 0.321 e. The number of amides is 3. The molecule has 0 aromatic heterocycles. The maximum atomic E-state index is 12.8. The van der Waals surface area contributed by atoms with E-state index in [1.807, 2.05) is 0 Å². The third kappa shape index (κ3) is 4.61. The topological polar surface area (TPSA) is 87.5 Å². The molecule has 1 aromatic rings. The van der Waals surface area contributed by atoms with Crippen molar-refractivity contribution in [2.45, 2.75) is 38.1 Å². The maximum absolute atomic E-state index is 12.8. The van der Waals surface area contributed by atoms with Crippen LogP contribution in [0.3, 0.4) is 0 Å². The van der Waals surface area contributed by atoms with Gasteiger partial charge in [0, 0.05) is 31.4 Å². The number of benzene rings is 1. The Kier molecular flexibility index (Phi) is 7.55. The number of urea groups is 1. The number of hydrogen-bond donors (Lipinski definition) is 3. The van der Waals surface area contributed by atoms with Gasteiger partial charge in [0.05, 0.1) is 10.6 Å². The third-order valence-corrected chi connectivity index (χ3v) is 5.48. The van der Waals surface area contributed by atoms with Crippen LogP contribution in [0.15, 0.2) is 18.2 Å². The lowest BCUT2D eigenvalue weighted by Crippen LogP contribution is -2.46. The van der Waals surface area contributed by atoms with E-state index in [1.165, 1.54) is 19.3 Å². The molecule has 1 aromatic carbocycles. The van der Waals surface area contributed by atoms with E-state index in [2.05, 4.69) is 10.6 Å². The van der Waals surface area contributed by atoms with E-state index in [9.17, 15) is 9.59 Å². The zero-order valence-corrected chi connectivity index (χ0v) is 16.2. The Morgan fingerprint density at radius 1 is 1.35 bits per heavy atom. The minimum absolute atomic E-state index is 0. The average molecular weight is 401 g/mol. The van der Waals surface area contributed by atoms with E-state index in [0.717, 1.165) is 12.8 Å². The maximum Gasteiger partial charge on any atom is 0.321 e. The number of hydrogen-bond acceptors (Lipinski definition) is 3. The Morgan fingerprint density at radius 2 is 2.08 bits per heavy atom. The van der Waals surface area contributed by atoms with Crippen molar-refractivity contribution >= 4 is 41.6 Å². The number of carbonyl (C=O) groups excluding carboxylic acids is 2. The van der Waals surface area contributed by atoms with Crippen LogP contribution in [-0.2, 0) is 0 Å². The molecule has 144 valence electrons. The van der Waals surface area contributed by atoms with Gasteiger partial charge in [-0.2, -0.15) is 0 Å². The van der Waals surface area contributed by atoms with Crippen LogP contribution in [0.2, 0.25) is 5.02 Å². The zero-order chi connectivity index (χ0) is 17.8. The minimum atomic E-state index is -0.229. The molecule has 1 aliphatic heterocycles. The molecule has 8 heteroatoms. The van der Waals surface area contributed by atoms with Crippen LogP contribution in [0, 0.1) is 5.92 Å². The van der Waals surface area contributed by atoms with Crippen LogP contribution >= 0.6 is 24.0 Å². The number of anilines is 1. The van der Waals surface area contributed by atoms with E-state index in [4.69, 9.17) is 17.3 Å². The molecule has 2 fully saturated rings. The van der Waals surface area contributed by atoms with E-state index < -0.39 is 0 Å². The molecule has 0 bridgehead atoms. The molecule has 3 amide bonds. The van der Waals surface area contributed by atoms with Crippen molar-refractivity contribution in [2.24, 2.45) is 11.7 Å². The molecule has 1 heterocycles. The lowest BCUT2D eigenvalue weighted by Gasteiger charge is -2.30. The summed E-state index contributed by atoms with van der Waals surface area (Å²) in [5, 5.41) is 6.18. The van der Waals surface area contributed by atoms with E-state index in [1.54, 1.807) is 23.1 Å². The molecule has 0 radical (unpaired) electrons. The summed E-state index contributed by atoms with van der Waals surface area (Å²) in [5.74, 6) is 0.196. The fraction of sp³-hybridized carbons (Fsp3) is 0.556. The Morgan fingerprint density at radius 3 is 2.69 bits per heavy atom. The van der Waals surface area contributed by atoms with Crippen molar-refractivity contribution < 1.29 is 9.59 Å². The second-order valence-electron chi connectivity index (χ2n) is 6.76. The number of rotatable bonds is 5. The van der Waals surface area contributed by atoms with Gasteiger partial charge in [-0.05, 0) is 37.0 Å². The molecule has 3 rings (SSSR count). The van der Waals surface area contributed by atoms with Gasteiger partial charge < -0.3 is 16.4 Å². The molecule has 0 spiro atoms. The van der Waals surface area contributed by atoms with Gasteiger partial charge in [-0.1, -0.05) is 30.9 Å². The number of carbonyl (C=O) groups is 2. The van der Waals surface area contributed by atoms with Gasteiger partial charge in [0.1, 0.15) is 0 Å². The highest BCUT2D eigenvalue weighted by Gasteiger charge is 2.26. The predicted octanol–water partition coefficient (Wildman–Crippen LogP) is 2.93. The number of nitrogens with zero attached hydrogens (tertiary/aromatic N) is 1. The van der Waals surface area contributed by atoms with Gasteiger partial charge in [-0.3, -0.25) is 9.69 Å². The summed E-state index contributed by atoms with van der Waals surface area (Å²) in [7, 11) is 0. The summed E-state index contributed by atoms with van der Waals surface area (Å²) < 4.78 is 0. The van der Waals surface area contributed by atoms with E-state index in [0.29, 0.717) is 41.8 Å². The monoisotopic (exact) mass is 400 g/mol. The van der Waals surface area contributed by atoms with Crippen LogP contribution in [-0.4, -0.2) is 37.6 Å². The summed E-state index contributed by atoms with van der Waals surface area (Å²) in [6, 6.07) is 4.90. The highest BCUT2D eigenvalue weighted by Crippen LogP contribution is 2.28. The molecule has 4 N–H and O–H groups in total. The summed E-state index contributed by atoms with van der Waals surface area (Å²) >= 11 is 6.24. The minimum Gasteiger partial charge on any atom is -0.348 e.